The van der Waals surface area contributed by atoms with Gasteiger partial charge in [-0.15, -0.1) is 0 Å². The minimum Gasteiger partial charge on any atom is -0.487 e. The van der Waals surface area contributed by atoms with Gasteiger partial charge >= 0.3 is 5.97 Å². The molecule has 0 radical (unpaired) electrons. The van der Waals surface area contributed by atoms with Gasteiger partial charge in [-0.25, -0.2) is 4.79 Å². The van der Waals surface area contributed by atoms with Crippen LogP contribution in [-0.4, -0.2) is 20.9 Å². The van der Waals surface area contributed by atoms with Crippen molar-refractivity contribution in [3.05, 3.63) is 45.7 Å². The Kier molecular flexibility index (Phi) is 5.01. The van der Waals surface area contributed by atoms with Gasteiger partial charge in [-0.1, -0.05) is 6.92 Å². The first-order chi connectivity index (χ1) is 10.1. The van der Waals surface area contributed by atoms with Crippen LogP contribution in [0.1, 0.15) is 35.6 Å². The number of aryl methyl sites for hydroxylation is 2. The summed E-state index contributed by atoms with van der Waals surface area (Å²) in [6.07, 6.45) is 0.855. The van der Waals surface area contributed by atoms with Crippen molar-refractivity contribution in [2.75, 3.05) is 0 Å². The first-order valence-electron chi connectivity index (χ1n) is 6.77. The zero-order valence-corrected chi connectivity index (χ0v) is 13.6. The summed E-state index contributed by atoms with van der Waals surface area (Å²) < 4.78 is 8.62. The lowest BCUT2D eigenvalue weighted by molar-refractivity contribution is 0.0697. The summed E-state index contributed by atoms with van der Waals surface area (Å²) in [4.78, 5) is 10.8. The number of hydrogen-bond acceptors (Lipinski definition) is 3. The minimum atomic E-state index is -0.944. The molecule has 21 heavy (non-hydrogen) atoms. The average Bonchev–Trinajstić information content (AvgIpc) is 2.81. The smallest absolute Gasteiger partial charge is 0.335 e. The zero-order chi connectivity index (χ0) is 15.4. The lowest BCUT2D eigenvalue weighted by atomic mass is 10.2. The van der Waals surface area contributed by atoms with Crippen LogP contribution in [0.15, 0.2) is 28.7 Å². The van der Waals surface area contributed by atoms with Crippen LogP contribution in [0.2, 0.25) is 0 Å². The molecular formula is C15H17BrN2O3. The van der Waals surface area contributed by atoms with Crippen LogP contribution < -0.4 is 4.74 Å². The molecule has 0 spiro atoms. The number of benzene rings is 1. The minimum absolute atomic E-state index is 0.246. The highest BCUT2D eigenvalue weighted by atomic mass is 79.9. The largest absolute Gasteiger partial charge is 0.487 e. The maximum atomic E-state index is 10.8. The van der Waals surface area contributed by atoms with Gasteiger partial charge in [0.15, 0.2) is 0 Å². The first kappa shape index (κ1) is 15.6. The van der Waals surface area contributed by atoms with Crippen LogP contribution in [0.3, 0.4) is 0 Å². The first-order valence-corrected chi connectivity index (χ1v) is 7.56. The molecule has 112 valence electrons. The second kappa shape index (κ2) is 6.76. The Hall–Kier alpha value is -1.82. The van der Waals surface area contributed by atoms with Crippen molar-refractivity contribution in [1.29, 1.82) is 0 Å². The molecule has 6 heteroatoms. The van der Waals surface area contributed by atoms with Gasteiger partial charge in [0.1, 0.15) is 12.4 Å². The van der Waals surface area contributed by atoms with Crippen molar-refractivity contribution in [3.63, 3.8) is 0 Å². The number of carboxylic acids is 1. The molecule has 2 aromatic rings. The molecule has 0 aliphatic heterocycles. The number of carbonyl (C=O) groups is 1. The molecule has 1 aromatic carbocycles. The second-order valence-electron chi connectivity index (χ2n) is 4.49. The molecule has 0 saturated heterocycles. The molecule has 1 heterocycles. The van der Waals surface area contributed by atoms with Gasteiger partial charge in [0.05, 0.1) is 21.4 Å². The van der Waals surface area contributed by atoms with E-state index in [9.17, 15) is 4.79 Å². The average molecular weight is 353 g/mol. The fourth-order valence-electron chi connectivity index (χ4n) is 2.00. The van der Waals surface area contributed by atoms with E-state index in [0.717, 1.165) is 28.8 Å². The third-order valence-electron chi connectivity index (χ3n) is 3.17. The van der Waals surface area contributed by atoms with Gasteiger partial charge in [0, 0.05) is 6.54 Å². The predicted octanol–water partition coefficient (Wildman–Crippen LogP) is 3.51. The van der Waals surface area contributed by atoms with Gasteiger partial charge in [-0.2, -0.15) is 5.10 Å². The SMILES string of the molecule is CCc1nn(CC)c(COc2ccc(C(=O)O)cc2)c1Br. The quantitative estimate of drug-likeness (QED) is 0.863. The van der Waals surface area contributed by atoms with E-state index in [1.807, 2.05) is 11.6 Å². The van der Waals surface area contributed by atoms with Gasteiger partial charge in [0.2, 0.25) is 0 Å². The van der Waals surface area contributed by atoms with E-state index < -0.39 is 5.97 Å². The van der Waals surface area contributed by atoms with E-state index in [1.54, 1.807) is 12.1 Å². The second-order valence-corrected chi connectivity index (χ2v) is 5.29. The standard InChI is InChI=1S/C15H17BrN2O3/c1-3-12-14(16)13(18(4-2)17-12)9-21-11-7-5-10(6-8-11)15(19)20/h5-8H,3-4,9H2,1-2H3,(H,19,20). The normalized spacial score (nSPS) is 10.6. The topological polar surface area (TPSA) is 64.4 Å². The summed E-state index contributed by atoms with van der Waals surface area (Å²) >= 11 is 3.57. The summed E-state index contributed by atoms with van der Waals surface area (Å²) in [5.41, 5.74) is 2.24. The fourth-order valence-corrected chi connectivity index (χ4v) is 2.68. The highest BCUT2D eigenvalue weighted by Crippen LogP contribution is 2.24. The van der Waals surface area contributed by atoms with Crippen LogP contribution in [-0.2, 0) is 19.6 Å². The fraction of sp³-hybridized carbons (Fsp3) is 0.333. The number of rotatable bonds is 6. The van der Waals surface area contributed by atoms with E-state index >= 15 is 0 Å². The highest BCUT2D eigenvalue weighted by molar-refractivity contribution is 9.10. The molecule has 0 fully saturated rings. The summed E-state index contributed by atoms with van der Waals surface area (Å²) in [6.45, 7) is 5.25. The molecule has 2 rings (SSSR count). The van der Waals surface area contributed by atoms with Crippen molar-refractivity contribution in [1.82, 2.24) is 9.78 Å². The monoisotopic (exact) mass is 352 g/mol. The van der Waals surface area contributed by atoms with E-state index in [4.69, 9.17) is 9.84 Å². The highest BCUT2D eigenvalue weighted by Gasteiger charge is 2.14. The molecule has 1 aromatic heterocycles. The maximum Gasteiger partial charge on any atom is 0.335 e. The number of ether oxygens (including phenoxy) is 1. The van der Waals surface area contributed by atoms with Crippen molar-refractivity contribution in [3.8, 4) is 5.75 Å². The Morgan fingerprint density at radius 1 is 1.33 bits per heavy atom. The van der Waals surface area contributed by atoms with E-state index in [2.05, 4.69) is 28.0 Å². The number of hydrogen-bond donors (Lipinski definition) is 1. The van der Waals surface area contributed by atoms with Crippen molar-refractivity contribution >= 4 is 21.9 Å². The Morgan fingerprint density at radius 2 is 2.00 bits per heavy atom. The third-order valence-corrected chi connectivity index (χ3v) is 4.09. The molecular weight excluding hydrogens is 336 g/mol. The van der Waals surface area contributed by atoms with Crippen molar-refractivity contribution in [2.45, 2.75) is 33.4 Å². The molecule has 0 atom stereocenters. The van der Waals surface area contributed by atoms with Crippen molar-refractivity contribution in [2.24, 2.45) is 0 Å². The molecule has 0 aliphatic carbocycles. The Balaban J connectivity index is 2.12. The maximum absolute atomic E-state index is 10.8. The summed E-state index contributed by atoms with van der Waals surface area (Å²) in [7, 11) is 0. The van der Waals surface area contributed by atoms with Crippen LogP contribution in [0.4, 0.5) is 0 Å². The molecule has 0 saturated carbocycles. The Labute approximate surface area is 131 Å². The molecule has 0 amide bonds. The van der Waals surface area contributed by atoms with Gasteiger partial charge in [-0.3, -0.25) is 4.68 Å². The molecule has 0 aliphatic rings. The number of carboxylic acid groups (broad SMARTS) is 1. The summed E-state index contributed by atoms with van der Waals surface area (Å²) in [6, 6.07) is 6.37. The predicted molar refractivity (Wildman–Crippen MR) is 82.7 cm³/mol. The van der Waals surface area contributed by atoms with Crippen LogP contribution >= 0.6 is 15.9 Å². The van der Waals surface area contributed by atoms with Crippen molar-refractivity contribution < 1.29 is 14.6 Å². The van der Waals surface area contributed by atoms with Crippen LogP contribution in [0.5, 0.6) is 5.75 Å². The third kappa shape index (κ3) is 3.44. The lowest BCUT2D eigenvalue weighted by Gasteiger charge is -2.08. The van der Waals surface area contributed by atoms with Crippen LogP contribution in [0, 0.1) is 0 Å². The lowest BCUT2D eigenvalue weighted by Crippen LogP contribution is -2.06. The summed E-state index contributed by atoms with van der Waals surface area (Å²) in [5, 5.41) is 13.4. The number of aromatic carboxylic acids is 1. The van der Waals surface area contributed by atoms with E-state index in [-0.39, 0.29) is 5.56 Å². The zero-order valence-electron chi connectivity index (χ0n) is 12.0. The molecule has 0 unspecified atom stereocenters. The van der Waals surface area contributed by atoms with Crippen LogP contribution in [0.25, 0.3) is 0 Å². The van der Waals surface area contributed by atoms with Gasteiger partial charge in [0.25, 0.3) is 0 Å². The van der Waals surface area contributed by atoms with Gasteiger partial charge in [-0.05, 0) is 53.5 Å². The Bertz CT molecular complexity index is 635. The molecule has 5 nitrogen and oxygen atoms in total. The van der Waals surface area contributed by atoms with E-state index in [1.165, 1.54) is 12.1 Å². The molecule has 1 N–H and O–H groups in total. The number of nitrogens with zero attached hydrogens (tertiary/aromatic N) is 2. The molecule has 0 bridgehead atoms. The summed E-state index contributed by atoms with van der Waals surface area (Å²) in [5.74, 6) is -0.310. The number of aromatic nitrogens is 2. The van der Waals surface area contributed by atoms with Gasteiger partial charge < -0.3 is 9.84 Å². The van der Waals surface area contributed by atoms with E-state index in [0.29, 0.717) is 12.4 Å². The number of halogens is 1. The Morgan fingerprint density at radius 3 is 2.52 bits per heavy atom.